The molecule has 1 aromatic rings. The van der Waals surface area contributed by atoms with Crippen LogP contribution in [0.4, 0.5) is 5.69 Å². The summed E-state index contributed by atoms with van der Waals surface area (Å²) in [6, 6.07) is 8.55. The molecule has 0 aliphatic heterocycles. The minimum atomic E-state index is 1.25. The van der Waals surface area contributed by atoms with Gasteiger partial charge in [-0.15, -0.1) is 0 Å². The van der Waals surface area contributed by atoms with Gasteiger partial charge in [0.2, 0.25) is 0 Å². The predicted molar refractivity (Wildman–Crippen MR) is 60.7 cm³/mol. The fraction of sp³-hybridized carbons (Fsp3) is 0.333. The molecule has 0 bridgehead atoms. The molecular formula is C9H13NS2. The van der Waals surface area contributed by atoms with Crippen LogP contribution in [0.25, 0.3) is 0 Å². The maximum absolute atomic E-state index is 2.18. The van der Waals surface area contributed by atoms with E-state index in [0.29, 0.717) is 0 Å². The third kappa shape index (κ3) is 2.35. The first-order valence-electron chi connectivity index (χ1n) is 3.73. The Hall–Kier alpha value is -0.280. The summed E-state index contributed by atoms with van der Waals surface area (Å²) in [6.45, 7) is 2.10. The summed E-state index contributed by atoms with van der Waals surface area (Å²) in [6.07, 6.45) is 4.16. The van der Waals surface area contributed by atoms with E-state index in [9.17, 15) is 0 Å². The third-order valence-electron chi connectivity index (χ3n) is 1.58. The van der Waals surface area contributed by atoms with E-state index in [4.69, 9.17) is 0 Å². The van der Waals surface area contributed by atoms with Crippen molar-refractivity contribution in [2.75, 3.05) is 16.2 Å². The van der Waals surface area contributed by atoms with Gasteiger partial charge in [-0.2, -0.15) is 0 Å². The number of aryl methyl sites for hydroxylation is 1. The molecule has 0 amide bonds. The topological polar surface area (TPSA) is 3.24 Å². The highest BCUT2D eigenvalue weighted by Crippen LogP contribution is 2.27. The maximum atomic E-state index is 2.18. The summed E-state index contributed by atoms with van der Waals surface area (Å²) in [5.41, 5.74) is 2.56. The Morgan fingerprint density at radius 1 is 1.00 bits per heavy atom. The number of hydrogen-bond acceptors (Lipinski definition) is 3. The molecule has 66 valence electrons. The van der Waals surface area contributed by atoms with Crippen LogP contribution in [0, 0.1) is 6.92 Å². The monoisotopic (exact) mass is 199 g/mol. The van der Waals surface area contributed by atoms with Gasteiger partial charge < -0.3 is 0 Å². The highest BCUT2D eigenvalue weighted by Gasteiger charge is 2.01. The lowest BCUT2D eigenvalue weighted by Gasteiger charge is -2.17. The quantitative estimate of drug-likeness (QED) is 0.687. The van der Waals surface area contributed by atoms with Crippen LogP contribution in [0.3, 0.4) is 0 Å². The van der Waals surface area contributed by atoms with E-state index in [2.05, 4.69) is 47.4 Å². The fourth-order valence-electron chi connectivity index (χ4n) is 0.952. The average Bonchev–Trinajstić information content (AvgIpc) is 2.10. The smallest absolute Gasteiger partial charge is 0.0594 e. The lowest BCUT2D eigenvalue weighted by Crippen LogP contribution is -2.00. The van der Waals surface area contributed by atoms with Crippen LogP contribution < -0.4 is 3.71 Å². The van der Waals surface area contributed by atoms with Gasteiger partial charge in [0.05, 0.1) is 5.69 Å². The minimum Gasteiger partial charge on any atom is -0.259 e. The Balaban J connectivity index is 2.80. The minimum absolute atomic E-state index is 1.25. The third-order valence-corrected chi connectivity index (χ3v) is 3.56. The second-order valence-electron chi connectivity index (χ2n) is 2.46. The number of rotatable bonds is 3. The predicted octanol–water partition coefficient (Wildman–Crippen LogP) is 3.36. The molecule has 0 aromatic heterocycles. The first-order chi connectivity index (χ1) is 5.77. The van der Waals surface area contributed by atoms with Crippen molar-refractivity contribution in [1.82, 2.24) is 0 Å². The largest absolute Gasteiger partial charge is 0.259 e. The van der Waals surface area contributed by atoms with E-state index >= 15 is 0 Å². The van der Waals surface area contributed by atoms with Crippen molar-refractivity contribution in [3.63, 3.8) is 0 Å². The number of benzene rings is 1. The van der Waals surface area contributed by atoms with Crippen LogP contribution in [0.15, 0.2) is 24.3 Å². The molecule has 0 N–H and O–H groups in total. The molecule has 0 fully saturated rings. The number of anilines is 1. The van der Waals surface area contributed by atoms with E-state index in [1.54, 1.807) is 23.9 Å². The van der Waals surface area contributed by atoms with Crippen molar-refractivity contribution in [2.45, 2.75) is 6.92 Å². The molecule has 0 atom stereocenters. The fourth-order valence-corrected chi connectivity index (χ4v) is 2.21. The van der Waals surface area contributed by atoms with Crippen LogP contribution in [0.1, 0.15) is 5.56 Å². The van der Waals surface area contributed by atoms with Gasteiger partial charge in [-0.25, -0.2) is 0 Å². The molecule has 0 radical (unpaired) electrons. The van der Waals surface area contributed by atoms with Crippen molar-refractivity contribution >= 4 is 29.6 Å². The van der Waals surface area contributed by atoms with E-state index in [1.165, 1.54) is 11.3 Å². The second kappa shape index (κ2) is 4.67. The molecule has 1 aromatic carbocycles. The molecule has 0 aliphatic rings. The summed E-state index contributed by atoms with van der Waals surface area (Å²) in [5.74, 6) is 0. The zero-order chi connectivity index (χ0) is 8.97. The van der Waals surface area contributed by atoms with Gasteiger partial charge in [0.15, 0.2) is 0 Å². The molecule has 0 spiro atoms. The molecule has 1 nitrogen and oxygen atoms in total. The van der Waals surface area contributed by atoms with Crippen LogP contribution in [0.5, 0.6) is 0 Å². The summed E-state index contributed by atoms with van der Waals surface area (Å²) in [7, 11) is 0. The van der Waals surface area contributed by atoms with Crippen molar-refractivity contribution in [1.29, 1.82) is 0 Å². The van der Waals surface area contributed by atoms with Crippen LogP contribution >= 0.6 is 23.9 Å². The van der Waals surface area contributed by atoms with Crippen molar-refractivity contribution in [3.8, 4) is 0 Å². The molecule has 1 rings (SSSR count). The summed E-state index contributed by atoms with van der Waals surface area (Å²) in [5, 5.41) is 0. The summed E-state index contributed by atoms with van der Waals surface area (Å²) >= 11 is 3.45. The Labute approximate surface area is 82.8 Å². The summed E-state index contributed by atoms with van der Waals surface area (Å²) < 4.78 is 2.18. The molecule has 0 aliphatic carbocycles. The molecule has 0 saturated heterocycles. The zero-order valence-corrected chi connectivity index (χ0v) is 9.21. The molecular weight excluding hydrogens is 186 g/mol. The van der Waals surface area contributed by atoms with E-state index in [1.807, 2.05) is 0 Å². The lowest BCUT2D eigenvalue weighted by molar-refractivity contribution is 1.46. The van der Waals surface area contributed by atoms with Crippen LogP contribution in [0.2, 0.25) is 0 Å². The van der Waals surface area contributed by atoms with Crippen molar-refractivity contribution in [2.24, 2.45) is 0 Å². The van der Waals surface area contributed by atoms with E-state index in [0.717, 1.165) is 0 Å². The number of hydrogen-bond donors (Lipinski definition) is 0. The maximum Gasteiger partial charge on any atom is 0.0594 e. The first-order valence-corrected chi connectivity index (χ1v) is 6.09. The molecule has 0 heterocycles. The van der Waals surface area contributed by atoms with Gasteiger partial charge in [-0.1, -0.05) is 17.7 Å². The standard InChI is InChI=1S/C9H13NS2/c1-8-4-6-9(7-5-8)10(11-2)12-3/h4-7H,1-3H3. The van der Waals surface area contributed by atoms with Gasteiger partial charge in [-0.05, 0) is 43.0 Å². The highest BCUT2D eigenvalue weighted by atomic mass is 32.2. The van der Waals surface area contributed by atoms with Gasteiger partial charge in [0.1, 0.15) is 0 Å². The van der Waals surface area contributed by atoms with Gasteiger partial charge in [-0.3, -0.25) is 3.71 Å². The molecule has 3 heteroatoms. The Morgan fingerprint density at radius 3 is 1.92 bits per heavy atom. The number of nitrogens with zero attached hydrogens (tertiary/aromatic N) is 1. The van der Waals surface area contributed by atoms with Crippen molar-refractivity contribution in [3.05, 3.63) is 29.8 Å². The Bertz CT molecular complexity index is 229. The van der Waals surface area contributed by atoms with Gasteiger partial charge >= 0.3 is 0 Å². The van der Waals surface area contributed by atoms with Crippen LogP contribution in [-0.4, -0.2) is 12.5 Å². The second-order valence-corrected chi connectivity index (χ2v) is 4.15. The van der Waals surface area contributed by atoms with Gasteiger partial charge in [0, 0.05) is 12.5 Å². The SMILES string of the molecule is CSN(SC)c1ccc(C)cc1. The zero-order valence-electron chi connectivity index (χ0n) is 7.57. The average molecular weight is 199 g/mol. The normalized spacial score (nSPS) is 9.92. The Kier molecular flexibility index (Phi) is 3.82. The first kappa shape index (κ1) is 9.81. The Morgan fingerprint density at radius 2 is 1.50 bits per heavy atom. The van der Waals surface area contributed by atoms with E-state index < -0.39 is 0 Å². The van der Waals surface area contributed by atoms with Crippen LogP contribution in [-0.2, 0) is 0 Å². The summed E-state index contributed by atoms with van der Waals surface area (Å²) in [4.78, 5) is 0. The van der Waals surface area contributed by atoms with Crippen molar-refractivity contribution < 1.29 is 0 Å². The molecule has 0 saturated carbocycles. The van der Waals surface area contributed by atoms with E-state index in [-0.39, 0.29) is 0 Å². The molecule has 0 unspecified atom stereocenters. The molecule has 12 heavy (non-hydrogen) atoms. The lowest BCUT2D eigenvalue weighted by atomic mass is 10.2. The highest BCUT2D eigenvalue weighted by molar-refractivity contribution is 8.17. The van der Waals surface area contributed by atoms with Gasteiger partial charge in [0.25, 0.3) is 0 Å².